The molecule has 1 heterocycles. The number of nitrogens with one attached hydrogen (secondary N) is 2. The van der Waals surface area contributed by atoms with E-state index in [0.717, 1.165) is 0 Å². The van der Waals surface area contributed by atoms with Gasteiger partial charge in [0.05, 0.1) is 10.9 Å². The molecule has 1 aliphatic heterocycles. The van der Waals surface area contributed by atoms with Crippen LogP contribution in [0.3, 0.4) is 0 Å². The van der Waals surface area contributed by atoms with Gasteiger partial charge in [0.15, 0.2) is 0 Å². The number of para-hydroxylation sites is 1. The molecule has 1 aromatic rings. The van der Waals surface area contributed by atoms with E-state index in [0.29, 0.717) is 31.5 Å². The molecule has 18 heavy (non-hydrogen) atoms. The first-order chi connectivity index (χ1) is 8.50. The molecular formula is C12H17FN2O2S. The van der Waals surface area contributed by atoms with Crippen molar-refractivity contribution in [1.82, 2.24) is 5.32 Å². The Morgan fingerprint density at radius 1 is 1.33 bits per heavy atom. The predicted octanol–water partition coefficient (Wildman–Crippen LogP) is 1.63. The van der Waals surface area contributed by atoms with E-state index in [-0.39, 0.29) is 5.69 Å². The molecular weight excluding hydrogens is 255 g/mol. The Morgan fingerprint density at radius 3 is 2.61 bits per heavy atom. The third-order valence-electron chi connectivity index (χ3n) is 3.19. The third kappa shape index (κ3) is 2.81. The van der Waals surface area contributed by atoms with Gasteiger partial charge < -0.3 is 5.32 Å². The van der Waals surface area contributed by atoms with Crippen LogP contribution < -0.4 is 10.0 Å². The highest BCUT2D eigenvalue weighted by atomic mass is 32.2. The summed E-state index contributed by atoms with van der Waals surface area (Å²) in [7, 11) is -3.51. The van der Waals surface area contributed by atoms with Gasteiger partial charge in [0.2, 0.25) is 10.0 Å². The smallest absolute Gasteiger partial charge is 0.235 e. The molecule has 1 aliphatic rings. The summed E-state index contributed by atoms with van der Waals surface area (Å²) >= 11 is 0. The average Bonchev–Trinajstić information content (AvgIpc) is 2.35. The second-order valence-corrected chi connectivity index (χ2v) is 6.49. The van der Waals surface area contributed by atoms with Gasteiger partial charge >= 0.3 is 0 Å². The van der Waals surface area contributed by atoms with Crippen LogP contribution in [0.5, 0.6) is 0 Å². The zero-order chi connectivity index (χ0) is 13.2. The van der Waals surface area contributed by atoms with Crippen molar-refractivity contribution in [3.8, 4) is 0 Å². The van der Waals surface area contributed by atoms with Crippen molar-refractivity contribution >= 4 is 15.7 Å². The lowest BCUT2D eigenvalue weighted by Gasteiger charge is -2.23. The molecule has 1 fully saturated rings. The molecule has 1 saturated heterocycles. The van der Waals surface area contributed by atoms with Crippen LogP contribution in [0.25, 0.3) is 0 Å². The van der Waals surface area contributed by atoms with Crippen LogP contribution in [-0.2, 0) is 10.0 Å². The van der Waals surface area contributed by atoms with E-state index in [2.05, 4.69) is 10.0 Å². The van der Waals surface area contributed by atoms with Gasteiger partial charge in [0.1, 0.15) is 5.82 Å². The van der Waals surface area contributed by atoms with Gasteiger partial charge in [-0.1, -0.05) is 12.1 Å². The van der Waals surface area contributed by atoms with Gasteiger partial charge in [-0.25, -0.2) is 12.8 Å². The summed E-state index contributed by atoms with van der Waals surface area (Å²) in [6.07, 6.45) is 1.12. The topological polar surface area (TPSA) is 58.2 Å². The number of anilines is 1. The number of hydrogen-bond acceptors (Lipinski definition) is 3. The Morgan fingerprint density at radius 2 is 2.00 bits per heavy atom. The second kappa shape index (κ2) is 5.24. The van der Waals surface area contributed by atoms with Crippen molar-refractivity contribution < 1.29 is 12.8 Å². The summed E-state index contributed by atoms with van der Waals surface area (Å²) in [5.41, 5.74) is 0.656. The van der Waals surface area contributed by atoms with Crippen molar-refractivity contribution in [2.45, 2.75) is 25.0 Å². The van der Waals surface area contributed by atoms with E-state index in [1.165, 1.54) is 6.07 Å². The monoisotopic (exact) mass is 272 g/mol. The minimum Gasteiger partial charge on any atom is -0.317 e. The Labute approximate surface area is 107 Å². The van der Waals surface area contributed by atoms with Gasteiger partial charge in [0, 0.05) is 0 Å². The molecule has 0 spiro atoms. The largest absolute Gasteiger partial charge is 0.317 e. The Hall–Kier alpha value is -1.14. The summed E-state index contributed by atoms with van der Waals surface area (Å²) in [5.74, 6) is -0.535. The standard InChI is InChI=1S/C12H17FN2O2S/c1-9-3-2-4-11(13)12(9)15-18(16,17)10-5-7-14-8-6-10/h2-4,10,14-15H,5-8H2,1H3. The van der Waals surface area contributed by atoms with Gasteiger partial charge in [0.25, 0.3) is 0 Å². The molecule has 0 saturated carbocycles. The van der Waals surface area contributed by atoms with Gasteiger partial charge in [-0.15, -0.1) is 0 Å². The average molecular weight is 272 g/mol. The Balaban J connectivity index is 2.22. The highest BCUT2D eigenvalue weighted by molar-refractivity contribution is 7.93. The minimum absolute atomic E-state index is 0.0658. The summed E-state index contributed by atoms with van der Waals surface area (Å²) in [6.45, 7) is 3.05. The first-order valence-electron chi connectivity index (χ1n) is 5.98. The fourth-order valence-electron chi connectivity index (χ4n) is 2.09. The summed E-state index contributed by atoms with van der Waals surface area (Å²) < 4.78 is 40.3. The van der Waals surface area contributed by atoms with Gasteiger partial charge in [-0.3, -0.25) is 4.72 Å². The first-order valence-corrected chi connectivity index (χ1v) is 7.53. The lowest BCUT2D eigenvalue weighted by molar-refractivity contribution is 0.498. The molecule has 0 bridgehead atoms. The molecule has 1 aromatic carbocycles. The van der Waals surface area contributed by atoms with Crippen LogP contribution in [0, 0.1) is 12.7 Å². The van der Waals surface area contributed by atoms with Crippen molar-refractivity contribution in [2.75, 3.05) is 17.8 Å². The van der Waals surface area contributed by atoms with Crippen LogP contribution in [-0.4, -0.2) is 26.8 Å². The van der Waals surface area contributed by atoms with Crippen LogP contribution in [0.15, 0.2) is 18.2 Å². The number of rotatable bonds is 3. The van der Waals surface area contributed by atoms with Gasteiger partial charge in [-0.05, 0) is 44.5 Å². The number of aryl methyl sites for hydroxylation is 1. The SMILES string of the molecule is Cc1cccc(F)c1NS(=O)(=O)C1CCNCC1. The molecule has 0 aromatic heterocycles. The highest BCUT2D eigenvalue weighted by Gasteiger charge is 2.28. The first kappa shape index (κ1) is 13.3. The lowest BCUT2D eigenvalue weighted by atomic mass is 10.2. The fourth-order valence-corrected chi connectivity index (χ4v) is 3.66. The highest BCUT2D eigenvalue weighted by Crippen LogP contribution is 2.23. The van der Waals surface area contributed by atoms with E-state index in [4.69, 9.17) is 0 Å². The maximum Gasteiger partial charge on any atom is 0.235 e. The maximum atomic E-state index is 13.6. The van der Waals surface area contributed by atoms with Crippen molar-refractivity contribution in [3.05, 3.63) is 29.6 Å². The van der Waals surface area contributed by atoms with Crippen LogP contribution in [0.1, 0.15) is 18.4 Å². The van der Waals surface area contributed by atoms with E-state index in [1.807, 2.05) is 0 Å². The number of benzene rings is 1. The molecule has 2 rings (SSSR count). The van der Waals surface area contributed by atoms with E-state index in [1.54, 1.807) is 19.1 Å². The van der Waals surface area contributed by atoms with E-state index < -0.39 is 21.1 Å². The number of sulfonamides is 1. The lowest BCUT2D eigenvalue weighted by Crippen LogP contribution is -2.38. The maximum absolute atomic E-state index is 13.6. The normalized spacial score (nSPS) is 17.7. The number of halogens is 1. The Bertz CT molecular complexity index is 505. The second-order valence-electron chi connectivity index (χ2n) is 4.53. The minimum atomic E-state index is -3.51. The predicted molar refractivity (Wildman–Crippen MR) is 69.6 cm³/mol. The third-order valence-corrected chi connectivity index (χ3v) is 5.03. The van der Waals surface area contributed by atoms with Gasteiger partial charge in [-0.2, -0.15) is 0 Å². The zero-order valence-corrected chi connectivity index (χ0v) is 11.1. The molecule has 2 N–H and O–H groups in total. The van der Waals surface area contributed by atoms with Crippen LogP contribution in [0.2, 0.25) is 0 Å². The molecule has 0 amide bonds. The fraction of sp³-hybridized carbons (Fsp3) is 0.500. The van der Waals surface area contributed by atoms with E-state index in [9.17, 15) is 12.8 Å². The number of piperidine rings is 1. The molecule has 0 aliphatic carbocycles. The van der Waals surface area contributed by atoms with Crippen molar-refractivity contribution in [1.29, 1.82) is 0 Å². The van der Waals surface area contributed by atoms with Crippen LogP contribution >= 0.6 is 0 Å². The number of hydrogen-bond donors (Lipinski definition) is 2. The van der Waals surface area contributed by atoms with Crippen molar-refractivity contribution in [3.63, 3.8) is 0 Å². The summed E-state index contributed by atoms with van der Waals surface area (Å²) in [4.78, 5) is 0. The Kier molecular flexibility index (Phi) is 3.87. The zero-order valence-electron chi connectivity index (χ0n) is 10.2. The van der Waals surface area contributed by atoms with E-state index >= 15 is 0 Å². The molecule has 0 unspecified atom stereocenters. The van der Waals surface area contributed by atoms with Crippen molar-refractivity contribution in [2.24, 2.45) is 0 Å². The molecule has 0 radical (unpaired) electrons. The molecule has 0 atom stereocenters. The summed E-state index contributed by atoms with van der Waals surface area (Å²) in [5, 5.41) is 2.66. The summed E-state index contributed by atoms with van der Waals surface area (Å²) in [6, 6.07) is 4.50. The molecule has 100 valence electrons. The quantitative estimate of drug-likeness (QED) is 0.879. The molecule has 6 heteroatoms. The van der Waals surface area contributed by atoms with Crippen LogP contribution in [0.4, 0.5) is 10.1 Å². The molecule has 4 nitrogen and oxygen atoms in total.